The Labute approximate surface area is 136 Å². The lowest BCUT2D eigenvalue weighted by Gasteiger charge is -2.43. The van der Waals surface area contributed by atoms with E-state index in [1.807, 2.05) is 6.92 Å². The van der Waals surface area contributed by atoms with Crippen LogP contribution in [0.2, 0.25) is 45.3 Å². The normalized spacial score (nSPS) is 14.6. The molecule has 0 aliphatic carbocycles. The quantitative estimate of drug-likeness (QED) is 0.325. The minimum absolute atomic E-state index is 0.317. The summed E-state index contributed by atoms with van der Waals surface area (Å²) >= 11 is 0. The Bertz CT molecular complexity index is 272. The number of ether oxygens (including phenoxy) is 3. The van der Waals surface area contributed by atoms with Gasteiger partial charge < -0.3 is 18.4 Å². The highest BCUT2D eigenvalue weighted by Crippen LogP contribution is 2.19. The molecular weight excluding hydrogens is 314 g/mol. The molecule has 0 heterocycles. The fourth-order valence-corrected chi connectivity index (χ4v) is 13.0. The molecule has 0 saturated carbocycles. The van der Waals surface area contributed by atoms with Crippen molar-refractivity contribution >= 4 is 26.0 Å². The van der Waals surface area contributed by atoms with Crippen molar-refractivity contribution in [2.75, 3.05) is 27.6 Å². The number of hydrogen-bond acceptors (Lipinski definition) is 4. The van der Waals surface area contributed by atoms with E-state index in [0.717, 1.165) is 19.8 Å². The van der Waals surface area contributed by atoms with Crippen LogP contribution in [0.3, 0.4) is 0 Å². The van der Waals surface area contributed by atoms with Gasteiger partial charge in [-0.25, -0.2) is 0 Å². The second kappa shape index (κ2) is 8.95. The highest BCUT2D eigenvalue weighted by atomic mass is 28.4. The third-order valence-corrected chi connectivity index (χ3v) is 13.7. The Balaban J connectivity index is 4.04. The van der Waals surface area contributed by atoms with E-state index in [0.29, 0.717) is 0 Å². The van der Waals surface area contributed by atoms with Crippen LogP contribution in [0.1, 0.15) is 13.3 Å². The second-order valence-electron chi connectivity index (χ2n) is 7.81. The molecule has 7 heteroatoms. The Kier molecular flexibility index (Phi) is 9.16. The standard InChI is InChI=1S/C14H37NO3Si3/c1-14(16-2,17-3)19-12-10-11-18-13-15(20(4,5)6)21(7,8)9/h10-13,19H2,1-9H3. The first kappa shape index (κ1) is 21.5. The smallest absolute Gasteiger partial charge is 0.141 e. The Morgan fingerprint density at radius 1 is 0.952 bits per heavy atom. The summed E-state index contributed by atoms with van der Waals surface area (Å²) in [6.07, 6.45) is 1.11. The van der Waals surface area contributed by atoms with Gasteiger partial charge in [0.2, 0.25) is 0 Å². The fourth-order valence-electron chi connectivity index (χ4n) is 2.49. The van der Waals surface area contributed by atoms with Crippen LogP contribution in [0.4, 0.5) is 0 Å². The van der Waals surface area contributed by atoms with Gasteiger partial charge in [-0.05, 0) is 13.3 Å². The third-order valence-electron chi connectivity index (χ3n) is 3.87. The van der Waals surface area contributed by atoms with Crippen molar-refractivity contribution in [3.63, 3.8) is 0 Å². The van der Waals surface area contributed by atoms with E-state index in [2.05, 4.69) is 43.5 Å². The van der Waals surface area contributed by atoms with E-state index in [-0.39, 0.29) is 5.41 Å². The lowest BCUT2D eigenvalue weighted by molar-refractivity contribution is -0.130. The Hall–Kier alpha value is 0.491. The van der Waals surface area contributed by atoms with Gasteiger partial charge in [-0.2, -0.15) is 0 Å². The first-order chi connectivity index (χ1) is 9.46. The topological polar surface area (TPSA) is 30.9 Å². The second-order valence-corrected chi connectivity index (χ2v) is 20.5. The molecule has 0 radical (unpaired) electrons. The summed E-state index contributed by atoms with van der Waals surface area (Å²) < 4.78 is 19.5. The molecule has 0 aromatic heterocycles. The van der Waals surface area contributed by atoms with Crippen molar-refractivity contribution < 1.29 is 14.2 Å². The first-order valence-electron chi connectivity index (χ1n) is 7.92. The lowest BCUT2D eigenvalue weighted by Crippen LogP contribution is -2.59. The van der Waals surface area contributed by atoms with Gasteiger partial charge in [0.15, 0.2) is 0 Å². The summed E-state index contributed by atoms with van der Waals surface area (Å²) in [4.78, 5) is 0. The maximum absolute atomic E-state index is 5.97. The molecule has 128 valence electrons. The number of hydrogen-bond donors (Lipinski definition) is 0. The number of rotatable bonds is 11. The third kappa shape index (κ3) is 8.63. The van der Waals surface area contributed by atoms with Crippen molar-refractivity contribution in [2.45, 2.75) is 64.1 Å². The molecule has 0 aliphatic rings. The minimum atomic E-state index is -1.29. The molecule has 0 atom stereocenters. The van der Waals surface area contributed by atoms with Crippen LogP contribution in [0, 0.1) is 0 Å². The molecule has 0 aromatic carbocycles. The molecule has 0 aliphatic heterocycles. The summed E-state index contributed by atoms with van der Waals surface area (Å²) in [6, 6.07) is 1.19. The Morgan fingerprint density at radius 2 is 1.43 bits per heavy atom. The van der Waals surface area contributed by atoms with Crippen molar-refractivity contribution in [3.8, 4) is 0 Å². The molecule has 21 heavy (non-hydrogen) atoms. The summed E-state index contributed by atoms with van der Waals surface area (Å²) in [5.74, 6) is 0. The summed E-state index contributed by atoms with van der Waals surface area (Å²) in [6.45, 7) is 18.1. The van der Waals surface area contributed by atoms with Crippen molar-refractivity contribution in [3.05, 3.63) is 0 Å². The van der Waals surface area contributed by atoms with Gasteiger partial charge in [0, 0.05) is 20.8 Å². The van der Waals surface area contributed by atoms with E-state index >= 15 is 0 Å². The first-order valence-corrected chi connectivity index (χ1v) is 16.5. The van der Waals surface area contributed by atoms with Crippen molar-refractivity contribution in [2.24, 2.45) is 0 Å². The van der Waals surface area contributed by atoms with E-state index in [4.69, 9.17) is 14.2 Å². The van der Waals surface area contributed by atoms with Gasteiger partial charge in [-0.15, -0.1) is 0 Å². The number of nitrogens with zero attached hydrogens (tertiary/aromatic N) is 1. The minimum Gasteiger partial charge on any atom is -0.367 e. The molecule has 0 fully saturated rings. The van der Waals surface area contributed by atoms with Crippen LogP contribution in [-0.2, 0) is 14.2 Å². The fraction of sp³-hybridized carbons (Fsp3) is 1.00. The van der Waals surface area contributed by atoms with E-state index in [1.54, 1.807) is 14.2 Å². The number of methoxy groups -OCH3 is 2. The van der Waals surface area contributed by atoms with Crippen LogP contribution in [0.25, 0.3) is 0 Å². The lowest BCUT2D eigenvalue weighted by atomic mass is 10.5. The Morgan fingerprint density at radius 3 is 1.81 bits per heavy atom. The zero-order chi connectivity index (χ0) is 16.7. The van der Waals surface area contributed by atoms with Gasteiger partial charge in [0.25, 0.3) is 0 Å². The monoisotopic (exact) mass is 351 g/mol. The molecule has 0 saturated heterocycles. The maximum Gasteiger partial charge on any atom is 0.141 e. The van der Waals surface area contributed by atoms with Crippen LogP contribution >= 0.6 is 0 Å². The SMILES string of the molecule is COC(C)(OC)[SiH2]CCCOCN([Si](C)(C)C)[Si](C)(C)C. The predicted octanol–water partition coefficient (Wildman–Crippen LogP) is 2.88. The highest BCUT2D eigenvalue weighted by molar-refractivity contribution is 6.89. The molecule has 0 aromatic rings. The van der Waals surface area contributed by atoms with Gasteiger partial charge in [-0.3, -0.25) is 0 Å². The van der Waals surface area contributed by atoms with E-state index < -0.39 is 26.0 Å². The summed E-state index contributed by atoms with van der Waals surface area (Å²) in [5, 5.41) is 0. The molecule has 0 rings (SSSR count). The predicted molar refractivity (Wildman–Crippen MR) is 99.7 cm³/mol. The largest absolute Gasteiger partial charge is 0.367 e. The zero-order valence-electron chi connectivity index (χ0n) is 15.7. The van der Waals surface area contributed by atoms with Crippen molar-refractivity contribution in [1.82, 2.24) is 4.23 Å². The van der Waals surface area contributed by atoms with Crippen molar-refractivity contribution in [1.29, 1.82) is 0 Å². The zero-order valence-corrected chi connectivity index (χ0v) is 19.1. The van der Waals surface area contributed by atoms with Gasteiger partial charge in [0.1, 0.15) is 21.9 Å². The molecular formula is C14H37NO3Si3. The van der Waals surface area contributed by atoms with E-state index in [9.17, 15) is 0 Å². The maximum atomic E-state index is 5.97. The van der Waals surface area contributed by atoms with Crippen LogP contribution in [0.5, 0.6) is 0 Å². The van der Waals surface area contributed by atoms with Gasteiger partial charge >= 0.3 is 0 Å². The molecule has 0 bridgehead atoms. The highest BCUT2D eigenvalue weighted by Gasteiger charge is 2.34. The molecule has 4 nitrogen and oxygen atoms in total. The van der Waals surface area contributed by atoms with Gasteiger partial charge in [-0.1, -0.05) is 45.3 Å². The van der Waals surface area contributed by atoms with Crippen LogP contribution < -0.4 is 0 Å². The van der Waals surface area contributed by atoms with Crippen LogP contribution in [-0.4, -0.2) is 63.2 Å². The molecule has 0 unspecified atom stereocenters. The summed E-state index contributed by atoms with van der Waals surface area (Å²) in [5.41, 5.74) is -0.317. The van der Waals surface area contributed by atoms with Gasteiger partial charge in [0.05, 0.1) is 16.3 Å². The van der Waals surface area contributed by atoms with Crippen LogP contribution in [0.15, 0.2) is 0 Å². The molecule has 0 N–H and O–H groups in total. The molecule has 0 spiro atoms. The molecule has 0 amide bonds. The average Bonchev–Trinajstić information content (AvgIpc) is 2.34. The summed E-state index contributed by atoms with van der Waals surface area (Å²) in [7, 11) is 0.477. The van der Waals surface area contributed by atoms with E-state index in [1.165, 1.54) is 6.04 Å². The average molecular weight is 352 g/mol.